The summed E-state index contributed by atoms with van der Waals surface area (Å²) in [6, 6.07) is 4.68. The van der Waals surface area contributed by atoms with Gasteiger partial charge < -0.3 is 44.2 Å². The molecule has 3 N–H and O–H groups in total. The molecule has 0 radical (unpaired) electrons. The summed E-state index contributed by atoms with van der Waals surface area (Å²) >= 11 is 0. The maximum Gasteiger partial charge on any atom is 0.329 e. The fraction of sp³-hybridized carbons (Fsp3) is 0.660. The maximum atomic E-state index is 13.3. The van der Waals surface area contributed by atoms with Gasteiger partial charge in [-0.1, -0.05) is 24.5 Å². The molecule has 0 aliphatic rings. The molecule has 17 nitrogen and oxygen atoms in total. The van der Waals surface area contributed by atoms with Gasteiger partial charge in [-0.2, -0.15) is 0 Å². The number of hydrogen-bond acceptors (Lipinski definition) is 13. The molecular weight excluding hydrogens is 861 g/mol. The summed E-state index contributed by atoms with van der Waals surface area (Å²) in [4.78, 5) is 84.2. The van der Waals surface area contributed by atoms with Crippen LogP contribution in [-0.2, 0) is 62.6 Å². The number of terminal acetylenes is 1. The van der Waals surface area contributed by atoms with E-state index in [-0.39, 0.29) is 44.3 Å². The number of aromatic nitrogens is 2. The predicted molar refractivity (Wildman–Crippen MR) is 254 cm³/mol. The number of esters is 4. The standard InChI is InChI=1S/C50H78N6O11/c1-14-32-63-37-24-22-36(23-25-37)33-55(34-40-51-29-31-56(40)35-43(59)65-48(5,6)7)30-19-15-16-21-41(57)52-28-18-17-20-38(44(60)66-49(8,9)10)53-46(62)54-39(45(61)67-50(11,12)13)26-27-42(58)64-47(2,3)4/h1,22-25,29,31,38-39H,15-21,26-28,30,32-35H2,2-13H3,(H,52,57)(H2,53,54,62)/t38-,39-/m0/s1. The molecule has 0 saturated carbocycles. The third-order valence-electron chi connectivity index (χ3n) is 9.21. The van der Waals surface area contributed by atoms with Crippen molar-refractivity contribution in [3.05, 3.63) is 48.0 Å². The van der Waals surface area contributed by atoms with Crippen molar-refractivity contribution in [1.29, 1.82) is 0 Å². The van der Waals surface area contributed by atoms with E-state index in [0.29, 0.717) is 51.1 Å². The molecule has 1 aromatic carbocycles. The molecule has 374 valence electrons. The van der Waals surface area contributed by atoms with Gasteiger partial charge in [-0.05, 0) is 146 Å². The minimum atomic E-state index is -1.20. The Kier molecular flexibility index (Phi) is 23.4. The number of rotatable bonds is 26. The van der Waals surface area contributed by atoms with Crippen LogP contribution in [0.4, 0.5) is 4.79 Å². The summed E-state index contributed by atoms with van der Waals surface area (Å²) in [6.45, 7) is 23.3. The SMILES string of the molecule is C#CCOc1ccc(CN(CCCCCC(=O)NCCCC[C@H](NC(=O)N[C@@H](CCC(=O)OC(C)(C)C)C(=O)OC(C)(C)C)C(=O)OC(C)(C)C)Cc2nccn2CC(=O)OC(C)(C)C)cc1. The molecule has 0 spiro atoms. The van der Waals surface area contributed by atoms with E-state index in [1.807, 2.05) is 45.0 Å². The van der Waals surface area contributed by atoms with Crippen LogP contribution in [0.2, 0.25) is 0 Å². The monoisotopic (exact) mass is 939 g/mol. The third kappa shape index (κ3) is 26.9. The average molecular weight is 939 g/mol. The lowest BCUT2D eigenvalue weighted by molar-refractivity contribution is -0.159. The molecule has 0 fully saturated rings. The van der Waals surface area contributed by atoms with E-state index in [1.54, 1.807) is 79.3 Å². The number of unbranched alkanes of at least 4 members (excludes halogenated alkanes) is 3. The van der Waals surface area contributed by atoms with Crippen molar-refractivity contribution in [2.45, 2.75) is 195 Å². The Bertz CT molecular complexity index is 1930. The van der Waals surface area contributed by atoms with E-state index in [0.717, 1.165) is 30.8 Å². The van der Waals surface area contributed by atoms with Gasteiger partial charge >= 0.3 is 29.9 Å². The van der Waals surface area contributed by atoms with Gasteiger partial charge in [0.15, 0.2) is 0 Å². The second kappa shape index (κ2) is 27.2. The largest absolute Gasteiger partial charge is 0.481 e. The van der Waals surface area contributed by atoms with Crippen molar-refractivity contribution in [2.75, 3.05) is 19.7 Å². The highest BCUT2D eigenvalue weighted by Gasteiger charge is 2.31. The second-order valence-corrected chi connectivity index (χ2v) is 20.5. The van der Waals surface area contributed by atoms with Crippen LogP contribution in [0.1, 0.15) is 152 Å². The van der Waals surface area contributed by atoms with E-state index in [1.165, 1.54) is 0 Å². The molecule has 0 aliphatic heterocycles. The molecule has 2 aromatic rings. The van der Waals surface area contributed by atoms with Gasteiger partial charge in [0.25, 0.3) is 0 Å². The molecule has 1 aromatic heterocycles. The molecule has 0 unspecified atom stereocenters. The first kappa shape index (κ1) is 57.5. The number of carbonyl (C=O) groups excluding carboxylic acids is 6. The first-order valence-corrected chi connectivity index (χ1v) is 23.2. The Labute approximate surface area is 398 Å². The average Bonchev–Trinajstić information content (AvgIpc) is 3.61. The Morgan fingerprint density at radius 3 is 1.82 bits per heavy atom. The van der Waals surface area contributed by atoms with Crippen molar-refractivity contribution in [1.82, 2.24) is 30.4 Å². The molecule has 2 atom stereocenters. The molecule has 67 heavy (non-hydrogen) atoms. The lowest BCUT2D eigenvalue weighted by atomic mass is 10.1. The van der Waals surface area contributed by atoms with Gasteiger partial charge in [0.2, 0.25) is 5.91 Å². The fourth-order valence-electron chi connectivity index (χ4n) is 6.48. The van der Waals surface area contributed by atoms with Crippen molar-refractivity contribution in [3.63, 3.8) is 0 Å². The number of amides is 3. The van der Waals surface area contributed by atoms with Crippen LogP contribution in [0.3, 0.4) is 0 Å². The third-order valence-corrected chi connectivity index (χ3v) is 9.21. The number of hydrogen-bond donors (Lipinski definition) is 3. The van der Waals surface area contributed by atoms with Gasteiger partial charge in [-0.3, -0.25) is 19.3 Å². The van der Waals surface area contributed by atoms with Crippen LogP contribution >= 0.6 is 0 Å². The summed E-state index contributed by atoms with van der Waals surface area (Å²) in [5.74, 6) is 1.52. The van der Waals surface area contributed by atoms with Gasteiger partial charge in [0.05, 0.1) is 6.54 Å². The fourth-order valence-corrected chi connectivity index (χ4v) is 6.48. The van der Waals surface area contributed by atoms with Crippen molar-refractivity contribution in [2.24, 2.45) is 0 Å². The Balaban J connectivity index is 1.94. The first-order valence-electron chi connectivity index (χ1n) is 23.2. The smallest absolute Gasteiger partial charge is 0.329 e. The zero-order valence-electron chi connectivity index (χ0n) is 42.1. The zero-order valence-corrected chi connectivity index (χ0v) is 42.1. The summed E-state index contributed by atoms with van der Waals surface area (Å²) in [5, 5.41) is 8.16. The minimum absolute atomic E-state index is 0.0484. The van der Waals surface area contributed by atoms with Crippen LogP contribution in [0.5, 0.6) is 5.75 Å². The predicted octanol–water partition coefficient (Wildman–Crippen LogP) is 6.93. The van der Waals surface area contributed by atoms with E-state index in [9.17, 15) is 28.8 Å². The number of nitrogens with one attached hydrogen (secondary N) is 3. The Morgan fingerprint density at radius 1 is 0.687 bits per heavy atom. The molecule has 1 heterocycles. The highest BCUT2D eigenvalue weighted by Crippen LogP contribution is 2.18. The quantitative estimate of drug-likeness (QED) is 0.0379. The number of ether oxygens (including phenoxy) is 5. The number of imidazole rings is 1. The van der Waals surface area contributed by atoms with Crippen LogP contribution in [0, 0.1) is 12.3 Å². The van der Waals surface area contributed by atoms with Crippen LogP contribution in [-0.4, -0.2) is 104 Å². The zero-order chi connectivity index (χ0) is 50.4. The number of urea groups is 1. The Hall–Kier alpha value is -5.63. The minimum Gasteiger partial charge on any atom is -0.481 e. The lowest BCUT2D eigenvalue weighted by Crippen LogP contribution is -2.53. The van der Waals surface area contributed by atoms with Crippen LogP contribution < -0.4 is 20.7 Å². The topological polar surface area (TPSA) is 206 Å². The van der Waals surface area contributed by atoms with E-state index in [2.05, 4.69) is 31.8 Å². The van der Waals surface area contributed by atoms with Crippen molar-refractivity contribution >= 4 is 35.8 Å². The van der Waals surface area contributed by atoms with E-state index >= 15 is 0 Å². The van der Waals surface area contributed by atoms with Crippen molar-refractivity contribution < 1.29 is 52.5 Å². The van der Waals surface area contributed by atoms with Gasteiger partial charge in [-0.15, -0.1) is 6.42 Å². The maximum absolute atomic E-state index is 13.3. The molecule has 0 bridgehead atoms. The van der Waals surface area contributed by atoms with E-state index in [4.69, 9.17) is 30.1 Å². The highest BCUT2D eigenvalue weighted by molar-refractivity contribution is 5.87. The molecule has 17 heteroatoms. The number of carbonyl (C=O) groups is 6. The normalized spacial score (nSPS) is 12.8. The first-order chi connectivity index (χ1) is 31.1. The molecular formula is C50H78N6O11. The van der Waals surface area contributed by atoms with Gasteiger partial charge in [0.1, 0.15) is 59.2 Å². The molecule has 2 rings (SSSR count). The summed E-state index contributed by atoms with van der Waals surface area (Å²) in [6.07, 6.45) is 12.4. The van der Waals surface area contributed by atoms with E-state index < -0.39 is 58.4 Å². The van der Waals surface area contributed by atoms with Gasteiger partial charge in [-0.25, -0.2) is 19.4 Å². The lowest BCUT2D eigenvalue weighted by Gasteiger charge is -2.27. The number of nitrogens with zero attached hydrogens (tertiary/aromatic N) is 3. The molecule has 3 amide bonds. The summed E-state index contributed by atoms with van der Waals surface area (Å²) < 4.78 is 29.3. The second-order valence-electron chi connectivity index (χ2n) is 20.5. The van der Waals surface area contributed by atoms with Crippen LogP contribution in [0.15, 0.2) is 36.7 Å². The summed E-state index contributed by atoms with van der Waals surface area (Å²) in [5.41, 5.74) is -1.95. The van der Waals surface area contributed by atoms with Crippen LogP contribution in [0.25, 0.3) is 0 Å². The molecule has 0 aliphatic carbocycles. The van der Waals surface area contributed by atoms with Crippen molar-refractivity contribution in [3.8, 4) is 18.1 Å². The van der Waals surface area contributed by atoms with Gasteiger partial charge in [0, 0.05) is 38.3 Å². The summed E-state index contributed by atoms with van der Waals surface area (Å²) in [7, 11) is 0. The Morgan fingerprint density at radius 2 is 1.25 bits per heavy atom. The molecule has 0 saturated heterocycles. The number of benzene rings is 1. The highest BCUT2D eigenvalue weighted by atomic mass is 16.6.